The van der Waals surface area contributed by atoms with E-state index >= 15 is 0 Å². The smallest absolute Gasteiger partial charge is 0.122 e. The molecule has 2 nitrogen and oxygen atoms in total. The van der Waals surface area contributed by atoms with Gasteiger partial charge in [0.1, 0.15) is 5.75 Å². The van der Waals surface area contributed by atoms with Crippen molar-refractivity contribution in [2.24, 2.45) is 5.73 Å². The lowest BCUT2D eigenvalue weighted by molar-refractivity contribution is 0.408. The average Bonchev–Trinajstić information content (AvgIpc) is 2.36. The topological polar surface area (TPSA) is 35.2 Å². The predicted molar refractivity (Wildman–Crippen MR) is 73.6 cm³/mol. The second-order valence-electron chi connectivity index (χ2n) is 4.62. The number of nitrogens with two attached hydrogens (primary N) is 1. The molecule has 0 fully saturated rings. The van der Waals surface area contributed by atoms with Crippen molar-refractivity contribution in [2.75, 3.05) is 7.11 Å². The van der Waals surface area contributed by atoms with E-state index in [2.05, 4.69) is 32.0 Å². The summed E-state index contributed by atoms with van der Waals surface area (Å²) in [6.45, 7) is 4.34. The highest BCUT2D eigenvalue weighted by molar-refractivity contribution is 5.37. The summed E-state index contributed by atoms with van der Waals surface area (Å²) in [7, 11) is 1.74. The molecule has 0 aliphatic rings. The highest BCUT2D eigenvalue weighted by Crippen LogP contribution is 2.22. The molecule has 1 rings (SSSR count). The fourth-order valence-corrected chi connectivity index (χ4v) is 1.97. The number of methoxy groups -OCH3 is 1. The first-order chi connectivity index (χ1) is 8.21. The van der Waals surface area contributed by atoms with E-state index in [1.807, 2.05) is 0 Å². The van der Waals surface area contributed by atoms with Gasteiger partial charge in [0.15, 0.2) is 0 Å². The molecule has 0 heterocycles. The van der Waals surface area contributed by atoms with Gasteiger partial charge in [-0.2, -0.15) is 0 Å². The summed E-state index contributed by atoms with van der Waals surface area (Å²) in [6.07, 6.45) is 5.49. The molecular weight excluding hydrogens is 210 g/mol. The van der Waals surface area contributed by atoms with Crippen LogP contribution in [0.3, 0.4) is 0 Å². The number of hydrogen-bond acceptors (Lipinski definition) is 2. The molecule has 1 unspecified atom stereocenters. The molecule has 1 atom stereocenters. The summed E-state index contributed by atoms with van der Waals surface area (Å²) in [5.41, 5.74) is 8.63. The van der Waals surface area contributed by atoms with Crippen LogP contribution >= 0.6 is 0 Å². The SMILES string of the molecule is CCCCc1cc(CC(N)CC)ccc1OC. The van der Waals surface area contributed by atoms with Gasteiger partial charge in [0.2, 0.25) is 0 Å². The molecule has 0 aromatic heterocycles. The van der Waals surface area contributed by atoms with Crippen LogP contribution in [-0.4, -0.2) is 13.2 Å². The van der Waals surface area contributed by atoms with E-state index < -0.39 is 0 Å². The first-order valence-electron chi connectivity index (χ1n) is 6.62. The monoisotopic (exact) mass is 235 g/mol. The molecule has 2 heteroatoms. The third-order valence-electron chi connectivity index (χ3n) is 3.17. The van der Waals surface area contributed by atoms with Gasteiger partial charge >= 0.3 is 0 Å². The second-order valence-corrected chi connectivity index (χ2v) is 4.62. The molecule has 0 aliphatic carbocycles. The predicted octanol–water partition coefficient (Wildman–Crippen LogP) is 3.32. The van der Waals surface area contributed by atoms with Crippen LogP contribution in [0.25, 0.3) is 0 Å². The summed E-state index contributed by atoms with van der Waals surface area (Å²) in [6, 6.07) is 6.72. The van der Waals surface area contributed by atoms with Crippen LogP contribution in [0, 0.1) is 0 Å². The van der Waals surface area contributed by atoms with E-state index in [0.717, 1.165) is 25.0 Å². The first kappa shape index (κ1) is 14.0. The molecule has 1 aromatic carbocycles. The lowest BCUT2D eigenvalue weighted by Gasteiger charge is -2.13. The molecule has 1 aromatic rings. The van der Waals surface area contributed by atoms with Gasteiger partial charge in [-0.05, 0) is 42.9 Å². The van der Waals surface area contributed by atoms with Crippen molar-refractivity contribution < 1.29 is 4.74 Å². The van der Waals surface area contributed by atoms with Gasteiger partial charge in [-0.25, -0.2) is 0 Å². The zero-order valence-corrected chi connectivity index (χ0v) is 11.3. The second kappa shape index (κ2) is 7.33. The number of unbranched alkanes of at least 4 members (excludes halogenated alkanes) is 1. The molecule has 17 heavy (non-hydrogen) atoms. The minimum atomic E-state index is 0.266. The molecule has 2 N–H and O–H groups in total. The Morgan fingerprint density at radius 1 is 1.29 bits per heavy atom. The highest BCUT2D eigenvalue weighted by atomic mass is 16.5. The Hall–Kier alpha value is -1.02. The minimum absolute atomic E-state index is 0.266. The molecule has 0 saturated carbocycles. The van der Waals surface area contributed by atoms with Crippen molar-refractivity contribution in [1.29, 1.82) is 0 Å². The Morgan fingerprint density at radius 2 is 2.06 bits per heavy atom. The molecule has 0 radical (unpaired) electrons. The van der Waals surface area contributed by atoms with Crippen molar-refractivity contribution in [1.82, 2.24) is 0 Å². The maximum Gasteiger partial charge on any atom is 0.122 e. The number of ether oxygens (including phenoxy) is 1. The van der Waals surface area contributed by atoms with Crippen molar-refractivity contribution in [3.63, 3.8) is 0 Å². The van der Waals surface area contributed by atoms with Crippen LogP contribution in [0.5, 0.6) is 5.75 Å². The summed E-state index contributed by atoms with van der Waals surface area (Å²) >= 11 is 0. The Bertz CT molecular complexity index is 336. The third-order valence-corrected chi connectivity index (χ3v) is 3.17. The maximum absolute atomic E-state index is 5.99. The van der Waals surface area contributed by atoms with Crippen LogP contribution in [0.1, 0.15) is 44.2 Å². The van der Waals surface area contributed by atoms with Gasteiger partial charge in [0.05, 0.1) is 7.11 Å². The fourth-order valence-electron chi connectivity index (χ4n) is 1.97. The molecule has 0 bridgehead atoms. The summed E-state index contributed by atoms with van der Waals surface area (Å²) in [5.74, 6) is 1.01. The van der Waals surface area contributed by atoms with Crippen LogP contribution in [0.4, 0.5) is 0 Å². The number of benzene rings is 1. The van der Waals surface area contributed by atoms with Gasteiger partial charge in [-0.15, -0.1) is 0 Å². The number of hydrogen-bond donors (Lipinski definition) is 1. The van der Waals surface area contributed by atoms with E-state index in [0.29, 0.717) is 0 Å². The molecule has 0 aliphatic heterocycles. The maximum atomic E-state index is 5.99. The van der Waals surface area contributed by atoms with Crippen LogP contribution in [0.2, 0.25) is 0 Å². The lowest BCUT2D eigenvalue weighted by atomic mass is 9.99. The van der Waals surface area contributed by atoms with Crippen LogP contribution in [-0.2, 0) is 12.8 Å². The Morgan fingerprint density at radius 3 is 2.65 bits per heavy atom. The summed E-state index contributed by atoms with van der Waals surface area (Å²) in [4.78, 5) is 0. The molecular formula is C15H25NO. The van der Waals surface area contributed by atoms with Crippen molar-refractivity contribution in [2.45, 2.75) is 52.0 Å². The highest BCUT2D eigenvalue weighted by Gasteiger charge is 2.06. The normalized spacial score (nSPS) is 12.5. The molecule has 0 saturated heterocycles. The van der Waals surface area contributed by atoms with Gasteiger partial charge in [0.25, 0.3) is 0 Å². The first-order valence-corrected chi connectivity index (χ1v) is 6.62. The van der Waals surface area contributed by atoms with E-state index in [1.54, 1.807) is 7.11 Å². The van der Waals surface area contributed by atoms with Crippen molar-refractivity contribution in [3.8, 4) is 5.75 Å². The fraction of sp³-hybridized carbons (Fsp3) is 0.600. The standard InChI is InChI=1S/C15H25NO/c1-4-6-7-13-10-12(11-14(16)5-2)8-9-15(13)17-3/h8-10,14H,4-7,11,16H2,1-3H3. The van der Waals surface area contributed by atoms with E-state index in [-0.39, 0.29) is 6.04 Å². The molecule has 0 spiro atoms. The van der Waals surface area contributed by atoms with Crippen molar-refractivity contribution in [3.05, 3.63) is 29.3 Å². The Kier molecular flexibility index (Phi) is 6.06. The third kappa shape index (κ3) is 4.39. The number of aryl methyl sites for hydroxylation is 1. The minimum Gasteiger partial charge on any atom is -0.496 e. The summed E-state index contributed by atoms with van der Waals surface area (Å²) < 4.78 is 5.40. The van der Waals surface area contributed by atoms with Crippen molar-refractivity contribution >= 4 is 0 Å². The lowest BCUT2D eigenvalue weighted by Crippen LogP contribution is -2.21. The van der Waals surface area contributed by atoms with Gasteiger partial charge < -0.3 is 10.5 Å². The van der Waals surface area contributed by atoms with Crippen LogP contribution in [0.15, 0.2) is 18.2 Å². The van der Waals surface area contributed by atoms with Gasteiger partial charge in [-0.3, -0.25) is 0 Å². The zero-order valence-electron chi connectivity index (χ0n) is 11.3. The Labute approximate surface area is 105 Å². The van der Waals surface area contributed by atoms with Crippen LogP contribution < -0.4 is 10.5 Å². The average molecular weight is 235 g/mol. The molecule has 0 amide bonds. The van der Waals surface area contributed by atoms with Gasteiger partial charge in [0, 0.05) is 6.04 Å². The number of rotatable bonds is 7. The summed E-state index contributed by atoms with van der Waals surface area (Å²) in [5, 5.41) is 0. The zero-order chi connectivity index (χ0) is 12.7. The van der Waals surface area contributed by atoms with E-state index in [1.165, 1.54) is 24.0 Å². The Balaban J connectivity index is 2.80. The van der Waals surface area contributed by atoms with Gasteiger partial charge in [-0.1, -0.05) is 32.4 Å². The van der Waals surface area contributed by atoms with E-state index in [9.17, 15) is 0 Å². The molecule has 96 valence electrons. The van der Waals surface area contributed by atoms with E-state index in [4.69, 9.17) is 10.5 Å². The quantitative estimate of drug-likeness (QED) is 0.787. The largest absolute Gasteiger partial charge is 0.496 e.